The normalized spacial score (nSPS) is 10.3. The Morgan fingerprint density at radius 1 is 1.73 bits per heavy atom. The number of aromatic nitrogens is 1. The summed E-state index contributed by atoms with van der Waals surface area (Å²) in [6.07, 6.45) is 2.78. The lowest BCUT2D eigenvalue weighted by molar-refractivity contribution is 0.321. The minimum absolute atomic E-state index is 0.622. The molecule has 1 aromatic rings. The highest BCUT2D eigenvalue weighted by atomic mass is 79.9. The summed E-state index contributed by atoms with van der Waals surface area (Å²) in [5.41, 5.74) is 0. The zero-order valence-corrected chi connectivity index (χ0v) is 7.12. The van der Waals surface area contributed by atoms with Crippen LogP contribution in [0, 0.1) is 0 Å². The SMILES string of the molecule is O/N=C\Nc1cc(Br)ccn1. The largest absolute Gasteiger partial charge is 0.410 e. The predicted molar refractivity (Wildman–Crippen MR) is 45.8 cm³/mol. The van der Waals surface area contributed by atoms with E-state index in [1.54, 1.807) is 18.3 Å². The van der Waals surface area contributed by atoms with Crippen molar-refractivity contribution in [3.8, 4) is 0 Å². The van der Waals surface area contributed by atoms with Gasteiger partial charge in [0.25, 0.3) is 0 Å². The van der Waals surface area contributed by atoms with E-state index >= 15 is 0 Å². The minimum Gasteiger partial charge on any atom is -0.410 e. The van der Waals surface area contributed by atoms with E-state index < -0.39 is 0 Å². The minimum atomic E-state index is 0.622. The van der Waals surface area contributed by atoms with E-state index in [9.17, 15) is 0 Å². The van der Waals surface area contributed by atoms with Crippen molar-refractivity contribution >= 4 is 28.1 Å². The molecular weight excluding hydrogens is 210 g/mol. The molecule has 0 amide bonds. The fourth-order valence-corrected chi connectivity index (χ4v) is 0.914. The van der Waals surface area contributed by atoms with Gasteiger partial charge in [-0.15, -0.1) is 0 Å². The van der Waals surface area contributed by atoms with Crippen LogP contribution in [-0.2, 0) is 0 Å². The third-order valence-electron chi connectivity index (χ3n) is 0.992. The number of halogens is 1. The number of nitrogens with zero attached hydrogens (tertiary/aromatic N) is 2. The molecule has 0 fully saturated rings. The number of hydrogen-bond acceptors (Lipinski definition) is 3. The lowest BCUT2D eigenvalue weighted by atomic mass is 10.5. The Kier molecular flexibility index (Phi) is 2.85. The maximum absolute atomic E-state index is 8.06. The molecule has 0 radical (unpaired) electrons. The molecule has 58 valence electrons. The Morgan fingerprint density at radius 2 is 2.55 bits per heavy atom. The van der Waals surface area contributed by atoms with Crippen molar-refractivity contribution in [2.24, 2.45) is 5.16 Å². The van der Waals surface area contributed by atoms with Crippen molar-refractivity contribution < 1.29 is 5.21 Å². The summed E-state index contributed by atoms with van der Waals surface area (Å²) in [6.45, 7) is 0. The van der Waals surface area contributed by atoms with Gasteiger partial charge < -0.3 is 10.5 Å². The first-order chi connectivity index (χ1) is 5.33. The molecule has 1 aromatic heterocycles. The van der Waals surface area contributed by atoms with Gasteiger partial charge >= 0.3 is 0 Å². The Hall–Kier alpha value is -1.10. The Bertz CT molecular complexity index is 264. The molecule has 0 atom stereocenters. The van der Waals surface area contributed by atoms with E-state index in [2.05, 4.69) is 31.4 Å². The molecule has 2 N–H and O–H groups in total. The van der Waals surface area contributed by atoms with Crippen LogP contribution in [0.2, 0.25) is 0 Å². The number of oxime groups is 1. The molecule has 1 heterocycles. The summed E-state index contributed by atoms with van der Waals surface area (Å²) in [4.78, 5) is 3.93. The van der Waals surface area contributed by atoms with Gasteiger partial charge in [0.05, 0.1) is 0 Å². The van der Waals surface area contributed by atoms with E-state index in [0.29, 0.717) is 5.82 Å². The average Bonchev–Trinajstić information content (AvgIpc) is 2.01. The second-order valence-electron chi connectivity index (χ2n) is 1.75. The molecule has 0 aliphatic heterocycles. The summed E-state index contributed by atoms with van der Waals surface area (Å²) in [7, 11) is 0. The van der Waals surface area contributed by atoms with Crippen LogP contribution in [0.1, 0.15) is 0 Å². The highest BCUT2D eigenvalue weighted by molar-refractivity contribution is 9.10. The van der Waals surface area contributed by atoms with Gasteiger partial charge in [-0.1, -0.05) is 21.1 Å². The molecule has 0 spiro atoms. The number of nitrogens with one attached hydrogen (secondary N) is 1. The molecule has 4 nitrogen and oxygen atoms in total. The van der Waals surface area contributed by atoms with Gasteiger partial charge in [-0.05, 0) is 12.1 Å². The number of hydrogen-bond donors (Lipinski definition) is 2. The summed E-state index contributed by atoms with van der Waals surface area (Å²) >= 11 is 3.27. The van der Waals surface area contributed by atoms with Crippen molar-refractivity contribution in [2.45, 2.75) is 0 Å². The fourth-order valence-electron chi connectivity index (χ4n) is 0.579. The summed E-state index contributed by atoms with van der Waals surface area (Å²) in [5.74, 6) is 0.622. The summed E-state index contributed by atoms with van der Waals surface area (Å²) < 4.78 is 0.918. The van der Waals surface area contributed by atoms with E-state index in [1.165, 1.54) is 0 Å². The van der Waals surface area contributed by atoms with Crippen LogP contribution in [0.5, 0.6) is 0 Å². The lowest BCUT2D eigenvalue weighted by Crippen LogP contribution is -1.96. The third-order valence-corrected chi connectivity index (χ3v) is 1.49. The van der Waals surface area contributed by atoms with E-state index in [0.717, 1.165) is 10.8 Å². The van der Waals surface area contributed by atoms with E-state index in [1.807, 2.05) is 0 Å². The van der Waals surface area contributed by atoms with Crippen LogP contribution in [0.25, 0.3) is 0 Å². The maximum atomic E-state index is 8.06. The second kappa shape index (κ2) is 3.92. The van der Waals surface area contributed by atoms with Crippen LogP contribution < -0.4 is 5.32 Å². The van der Waals surface area contributed by atoms with Crippen LogP contribution in [0.3, 0.4) is 0 Å². The van der Waals surface area contributed by atoms with Crippen molar-refractivity contribution in [3.05, 3.63) is 22.8 Å². The number of anilines is 1. The van der Waals surface area contributed by atoms with Gasteiger partial charge in [0.1, 0.15) is 12.2 Å². The predicted octanol–water partition coefficient (Wildman–Crippen LogP) is 1.67. The molecule has 0 aromatic carbocycles. The maximum Gasteiger partial charge on any atom is 0.133 e. The first-order valence-corrected chi connectivity index (χ1v) is 3.66. The molecular formula is C6H6BrN3O. The molecule has 0 aliphatic carbocycles. The number of pyridine rings is 1. The Balaban J connectivity index is 2.71. The molecule has 0 unspecified atom stereocenters. The number of rotatable bonds is 2. The molecule has 11 heavy (non-hydrogen) atoms. The van der Waals surface area contributed by atoms with Crippen LogP contribution in [0.15, 0.2) is 28.0 Å². The van der Waals surface area contributed by atoms with Crippen molar-refractivity contribution in [3.63, 3.8) is 0 Å². The molecule has 0 aliphatic rings. The first kappa shape index (κ1) is 8.00. The van der Waals surface area contributed by atoms with E-state index in [-0.39, 0.29) is 0 Å². The molecule has 0 saturated heterocycles. The smallest absolute Gasteiger partial charge is 0.133 e. The van der Waals surface area contributed by atoms with Crippen molar-refractivity contribution in [1.82, 2.24) is 4.98 Å². The molecule has 1 rings (SSSR count). The van der Waals surface area contributed by atoms with Crippen LogP contribution in [-0.4, -0.2) is 16.5 Å². The fraction of sp³-hybridized carbons (Fsp3) is 0. The molecule has 0 saturated carbocycles. The van der Waals surface area contributed by atoms with Crippen LogP contribution >= 0.6 is 15.9 Å². The van der Waals surface area contributed by atoms with Gasteiger partial charge in [0.2, 0.25) is 0 Å². The van der Waals surface area contributed by atoms with Gasteiger partial charge in [-0.3, -0.25) is 0 Å². The van der Waals surface area contributed by atoms with Gasteiger partial charge in [-0.2, -0.15) is 0 Å². The molecule has 0 bridgehead atoms. The topological polar surface area (TPSA) is 57.5 Å². The van der Waals surface area contributed by atoms with Gasteiger partial charge in [0, 0.05) is 10.7 Å². The highest BCUT2D eigenvalue weighted by Gasteiger charge is 1.90. The Labute approximate surface area is 72.1 Å². The third kappa shape index (κ3) is 2.55. The highest BCUT2D eigenvalue weighted by Crippen LogP contribution is 2.11. The van der Waals surface area contributed by atoms with Crippen LogP contribution in [0.4, 0.5) is 5.82 Å². The quantitative estimate of drug-likeness (QED) is 0.342. The summed E-state index contributed by atoms with van der Waals surface area (Å²) in [5, 5.41) is 13.5. The van der Waals surface area contributed by atoms with Crippen molar-refractivity contribution in [1.29, 1.82) is 0 Å². The van der Waals surface area contributed by atoms with Crippen molar-refractivity contribution in [2.75, 3.05) is 5.32 Å². The Morgan fingerprint density at radius 3 is 3.18 bits per heavy atom. The summed E-state index contributed by atoms with van der Waals surface area (Å²) in [6, 6.07) is 3.57. The second-order valence-corrected chi connectivity index (χ2v) is 2.66. The van der Waals surface area contributed by atoms with Gasteiger partial charge in [-0.25, -0.2) is 4.98 Å². The zero-order valence-electron chi connectivity index (χ0n) is 5.53. The first-order valence-electron chi connectivity index (χ1n) is 2.87. The van der Waals surface area contributed by atoms with Gasteiger partial charge in [0.15, 0.2) is 0 Å². The monoisotopic (exact) mass is 215 g/mol. The lowest BCUT2D eigenvalue weighted by Gasteiger charge is -1.96. The standard InChI is InChI=1S/C6H6BrN3O/c7-5-1-2-8-6(3-5)9-4-10-11/h1-4,11H,(H,8,9,10). The van der Waals surface area contributed by atoms with E-state index in [4.69, 9.17) is 5.21 Å². The zero-order chi connectivity index (χ0) is 8.10. The average molecular weight is 216 g/mol. The molecule has 5 heteroatoms.